The maximum atomic E-state index is 14.2. The molecule has 220 valence electrons. The van der Waals surface area contributed by atoms with Gasteiger partial charge in [-0.15, -0.1) is 10.2 Å². The number of fused-ring (bicyclic) bond motifs is 5. The quantitative estimate of drug-likeness (QED) is 0.364. The Labute approximate surface area is 224 Å². The minimum atomic E-state index is -5.23. The summed E-state index contributed by atoms with van der Waals surface area (Å²) in [5.74, 6) is -2.95. The molecule has 1 saturated carbocycles. The summed E-state index contributed by atoms with van der Waals surface area (Å²) in [6.45, 7) is 4.50. The molecule has 1 aliphatic carbocycles. The third kappa shape index (κ3) is 5.65. The van der Waals surface area contributed by atoms with Crippen molar-refractivity contribution < 1.29 is 50.2 Å². The Kier molecular flexibility index (Phi) is 7.43. The fourth-order valence-corrected chi connectivity index (χ4v) is 4.90. The molecule has 0 unspecified atom stereocenters. The van der Waals surface area contributed by atoms with E-state index in [1.165, 1.54) is 20.8 Å². The van der Waals surface area contributed by atoms with Crippen molar-refractivity contribution in [3.8, 4) is 11.6 Å². The minimum absolute atomic E-state index is 0.138. The Morgan fingerprint density at radius 1 is 0.975 bits per heavy atom. The molecule has 1 spiro atoms. The number of aliphatic hydroxyl groups is 1. The van der Waals surface area contributed by atoms with E-state index in [1.807, 2.05) is 0 Å². The largest absolute Gasteiger partial charge is 0.444 e. The number of anilines is 1. The normalized spacial score (nSPS) is 21.9. The lowest BCUT2D eigenvalue weighted by atomic mass is 9.62. The molecule has 2 aromatic heterocycles. The van der Waals surface area contributed by atoms with Crippen molar-refractivity contribution >= 4 is 17.6 Å². The number of pyridine rings is 1. The molecule has 2 N–H and O–H groups in total. The Hall–Kier alpha value is -3.23. The van der Waals surface area contributed by atoms with Crippen molar-refractivity contribution in [2.75, 3.05) is 5.32 Å². The van der Waals surface area contributed by atoms with E-state index in [9.17, 15) is 41.0 Å². The number of alkyl halides is 6. The first-order valence-corrected chi connectivity index (χ1v) is 12.7. The lowest BCUT2D eigenvalue weighted by Gasteiger charge is -2.41. The van der Waals surface area contributed by atoms with Crippen LogP contribution < -0.4 is 5.32 Å². The van der Waals surface area contributed by atoms with Crippen LogP contribution in [0.4, 0.5) is 36.8 Å². The van der Waals surface area contributed by atoms with Crippen LogP contribution in [0.5, 0.6) is 0 Å². The molecule has 2 aromatic rings. The highest BCUT2D eigenvalue weighted by Gasteiger charge is 2.58. The molecule has 0 aromatic carbocycles. The number of carbonyl (C=O) groups is 2. The summed E-state index contributed by atoms with van der Waals surface area (Å²) < 4.78 is 94.9. The first-order valence-electron chi connectivity index (χ1n) is 12.7. The molecule has 0 radical (unpaired) electrons. The zero-order valence-electron chi connectivity index (χ0n) is 21.9. The lowest BCUT2D eigenvalue weighted by Crippen LogP contribution is -2.42. The molecule has 15 heteroatoms. The maximum absolute atomic E-state index is 14.2. The van der Waals surface area contributed by atoms with Crippen molar-refractivity contribution in [3.05, 3.63) is 23.2 Å². The summed E-state index contributed by atoms with van der Waals surface area (Å²) >= 11 is 0. The van der Waals surface area contributed by atoms with E-state index in [1.54, 1.807) is 0 Å². The molecule has 2 aliphatic rings. The van der Waals surface area contributed by atoms with Gasteiger partial charge in [0.15, 0.2) is 11.5 Å². The van der Waals surface area contributed by atoms with Crippen LogP contribution in [-0.4, -0.2) is 43.9 Å². The number of halogens is 6. The van der Waals surface area contributed by atoms with E-state index in [4.69, 9.17) is 9.15 Å². The number of Topliss-reactive ketones (excluding diaryl/α,β-unsaturated/α-hetero) is 1. The lowest BCUT2D eigenvalue weighted by molar-refractivity contribution is -0.277. The Morgan fingerprint density at radius 2 is 1.60 bits per heavy atom. The molecule has 1 amide bonds. The van der Waals surface area contributed by atoms with E-state index in [-0.39, 0.29) is 38.5 Å². The molecule has 4 bridgehead atoms. The second-order valence-electron chi connectivity index (χ2n) is 11.2. The van der Waals surface area contributed by atoms with Gasteiger partial charge in [0.1, 0.15) is 11.3 Å². The second-order valence-corrected chi connectivity index (χ2v) is 11.2. The van der Waals surface area contributed by atoms with Crippen LogP contribution in [-0.2, 0) is 16.5 Å². The van der Waals surface area contributed by atoms with Gasteiger partial charge in [-0.05, 0) is 58.9 Å². The smallest absolute Gasteiger partial charge is 0.426 e. The van der Waals surface area contributed by atoms with Gasteiger partial charge in [-0.1, -0.05) is 19.3 Å². The summed E-state index contributed by atoms with van der Waals surface area (Å²) in [6, 6.07) is 0.442. The summed E-state index contributed by atoms with van der Waals surface area (Å²) in [5.41, 5.74) is -9.58. The van der Waals surface area contributed by atoms with Gasteiger partial charge in [-0.2, -0.15) is 26.3 Å². The zero-order chi connectivity index (χ0) is 29.7. The third-order valence-electron chi connectivity index (χ3n) is 7.12. The molecule has 3 heterocycles. The summed E-state index contributed by atoms with van der Waals surface area (Å²) in [5, 5.41) is 19.5. The van der Waals surface area contributed by atoms with Crippen LogP contribution in [0.2, 0.25) is 0 Å². The summed E-state index contributed by atoms with van der Waals surface area (Å²) in [6.07, 6.45) is -10.8. The zero-order valence-corrected chi connectivity index (χ0v) is 21.9. The van der Waals surface area contributed by atoms with Gasteiger partial charge in [0.05, 0.1) is 11.3 Å². The first kappa shape index (κ1) is 29.7. The molecule has 1 aliphatic heterocycles. The van der Waals surface area contributed by atoms with Crippen LogP contribution in [0, 0.1) is 5.41 Å². The van der Waals surface area contributed by atoms with Crippen molar-refractivity contribution in [3.63, 3.8) is 0 Å². The highest BCUT2D eigenvalue weighted by molar-refractivity contribution is 6.02. The fourth-order valence-electron chi connectivity index (χ4n) is 4.90. The average molecular weight is 579 g/mol. The molecular weight excluding hydrogens is 550 g/mol. The van der Waals surface area contributed by atoms with Gasteiger partial charge in [0, 0.05) is 5.41 Å². The summed E-state index contributed by atoms with van der Waals surface area (Å²) in [4.78, 5) is 30.0. The van der Waals surface area contributed by atoms with Crippen LogP contribution >= 0.6 is 0 Å². The number of hydrogen-bond donors (Lipinski definition) is 2. The van der Waals surface area contributed by atoms with Gasteiger partial charge in [-0.3, -0.25) is 10.1 Å². The van der Waals surface area contributed by atoms with E-state index >= 15 is 0 Å². The highest BCUT2D eigenvalue weighted by Crippen LogP contribution is 2.50. The molecule has 0 saturated heterocycles. The molecule has 9 nitrogen and oxygen atoms in total. The van der Waals surface area contributed by atoms with Crippen molar-refractivity contribution in [2.24, 2.45) is 5.41 Å². The summed E-state index contributed by atoms with van der Waals surface area (Å²) in [7, 11) is 0. The molecule has 40 heavy (non-hydrogen) atoms. The van der Waals surface area contributed by atoms with Gasteiger partial charge >= 0.3 is 18.4 Å². The maximum Gasteiger partial charge on any atom is 0.426 e. The van der Waals surface area contributed by atoms with Crippen LogP contribution in [0.1, 0.15) is 94.1 Å². The van der Waals surface area contributed by atoms with Crippen LogP contribution in [0.3, 0.4) is 0 Å². The van der Waals surface area contributed by atoms with Crippen LogP contribution in [0.25, 0.3) is 11.6 Å². The predicted octanol–water partition coefficient (Wildman–Crippen LogP) is 6.56. The Balaban J connectivity index is 1.96. The van der Waals surface area contributed by atoms with Crippen molar-refractivity contribution in [1.82, 2.24) is 15.2 Å². The number of rotatable bonds is 1. The van der Waals surface area contributed by atoms with Crippen molar-refractivity contribution in [2.45, 2.75) is 95.7 Å². The Bertz CT molecular complexity index is 1300. The SMILES string of the molecule is CC(C)(C)OC(=O)Nc1cc(C(F)(F)F)c2nc1-c1nnc(o1)[C@@](O)(C(F)(F)F)CCCCCC1(CCC1)C2=O. The van der Waals surface area contributed by atoms with Crippen molar-refractivity contribution in [1.29, 1.82) is 0 Å². The van der Waals surface area contributed by atoms with Gasteiger partial charge in [0.25, 0.3) is 11.8 Å². The average Bonchev–Trinajstić information content (AvgIpc) is 3.27. The number of hydrogen-bond acceptors (Lipinski definition) is 8. The third-order valence-corrected chi connectivity index (χ3v) is 7.12. The molecule has 4 rings (SSSR count). The number of aromatic nitrogens is 3. The van der Waals surface area contributed by atoms with E-state index in [2.05, 4.69) is 20.5 Å². The standard InChI is InChI=1S/C25H28F6N4O5/c1-21(2,3)40-20(37)32-14-12-13(24(26,27)28)15-17(36)22(9-7-10-22)8-5-4-6-11-23(38,25(29,30)31)19-35-34-18(39-19)16(14)33-15/h12,38H,4-11H2,1-3H3,(H,32,37)/t23-/m1/s1. The van der Waals surface area contributed by atoms with Gasteiger partial charge in [0.2, 0.25) is 5.60 Å². The molecule has 1 atom stereocenters. The number of carbonyl (C=O) groups excluding carboxylic acids is 2. The van der Waals surface area contributed by atoms with Crippen LogP contribution in [0.15, 0.2) is 10.5 Å². The number of amides is 1. The monoisotopic (exact) mass is 578 g/mol. The minimum Gasteiger partial charge on any atom is -0.444 e. The van der Waals surface area contributed by atoms with Gasteiger partial charge < -0.3 is 14.3 Å². The predicted molar refractivity (Wildman–Crippen MR) is 126 cm³/mol. The Morgan fingerprint density at radius 3 is 2.15 bits per heavy atom. The number of ether oxygens (including phenoxy) is 1. The first-order chi connectivity index (χ1) is 18.4. The second kappa shape index (κ2) is 10.00. The van der Waals surface area contributed by atoms with E-state index in [0.717, 1.165) is 0 Å². The number of nitrogens with one attached hydrogen (secondary N) is 1. The molecule has 1 fully saturated rings. The van der Waals surface area contributed by atoms with Gasteiger partial charge in [-0.25, -0.2) is 9.78 Å². The van der Waals surface area contributed by atoms with E-state index in [0.29, 0.717) is 12.5 Å². The topological polar surface area (TPSA) is 127 Å². The number of nitrogens with zero attached hydrogens (tertiary/aromatic N) is 3. The fraction of sp³-hybridized carbons (Fsp3) is 0.640. The molecular formula is C25H28F6N4O5. The number of ketones is 1. The van der Waals surface area contributed by atoms with E-state index < -0.39 is 81.7 Å². The highest BCUT2D eigenvalue weighted by atomic mass is 19.4.